The Labute approximate surface area is 143 Å². The maximum atomic E-state index is 12.4. The van der Waals surface area contributed by atoms with Crippen LogP contribution in [0.1, 0.15) is 5.56 Å². The second kappa shape index (κ2) is 8.72. The number of halogens is 2. The van der Waals surface area contributed by atoms with Crippen LogP contribution in [-0.2, 0) is 6.54 Å². The van der Waals surface area contributed by atoms with E-state index in [2.05, 4.69) is 15.4 Å². The molecule has 0 saturated heterocycles. The Hall–Kier alpha value is -3.03. The maximum Gasteiger partial charge on any atom is 0.387 e. The molecule has 0 heterocycles. The molecule has 0 aromatic heterocycles. The molecule has 0 aliphatic carbocycles. The lowest BCUT2D eigenvalue weighted by Crippen LogP contribution is -2.28. The van der Waals surface area contributed by atoms with Gasteiger partial charge in [0.2, 0.25) is 0 Å². The van der Waals surface area contributed by atoms with Gasteiger partial charge >= 0.3 is 12.6 Å². The van der Waals surface area contributed by atoms with Crippen molar-refractivity contribution in [3.05, 3.63) is 48.0 Å². The number of anilines is 1. The second-order valence-corrected chi connectivity index (χ2v) is 4.90. The van der Waals surface area contributed by atoms with Crippen molar-refractivity contribution in [1.29, 1.82) is 0 Å². The second-order valence-electron chi connectivity index (χ2n) is 4.90. The van der Waals surface area contributed by atoms with Gasteiger partial charge in [0.25, 0.3) is 0 Å². The summed E-state index contributed by atoms with van der Waals surface area (Å²) >= 11 is 0. The monoisotopic (exact) mass is 352 g/mol. The fourth-order valence-electron chi connectivity index (χ4n) is 2.09. The van der Waals surface area contributed by atoms with E-state index in [0.717, 1.165) is 5.56 Å². The van der Waals surface area contributed by atoms with Crippen LogP contribution in [0.4, 0.5) is 19.3 Å². The van der Waals surface area contributed by atoms with Gasteiger partial charge < -0.3 is 24.8 Å². The van der Waals surface area contributed by atoms with Crippen LogP contribution in [0.15, 0.2) is 42.5 Å². The third kappa shape index (κ3) is 5.52. The van der Waals surface area contributed by atoms with Gasteiger partial charge in [0.05, 0.1) is 19.9 Å². The third-order valence-electron chi connectivity index (χ3n) is 3.22. The van der Waals surface area contributed by atoms with E-state index in [4.69, 9.17) is 9.47 Å². The van der Waals surface area contributed by atoms with Crippen LogP contribution in [0.25, 0.3) is 0 Å². The summed E-state index contributed by atoms with van der Waals surface area (Å²) < 4.78 is 39.4. The van der Waals surface area contributed by atoms with Crippen molar-refractivity contribution >= 4 is 11.7 Å². The van der Waals surface area contributed by atoms with Crippen molar-refractivity contribution in [2.24, 2.45) is 0 Å². The Morgan fingerprint density at radius 2 is 1.72 bits per heavy atom. The van der Waals surface area contributed by atoms with Gasteiger partial charge in [0.15, 0.2) is 0 Å². The number of carbonyl (C=O) groups is 1. The van der Waals surface area contributed by atoms with Gasteiger partial charge in [-0.1, -0.05) is 12.1 Å². The van der Waals surface area contributed by atoms with Crippen LogP contribution in [0.5, 0.6) is 17.2 Å². The molecule has 0 radical (unpaired) electrons. The average molecular weight is 352 g/mol. The number of nitrogens with one attached hydrogen (secondary N) is 2. The number of benzene rings is 2. The van der Waals surface area contributed by atoms with Crippen molar-refractivity contribution < 1.29 is 27.8 Å². The highest BCUT2D eigenvalue weighted by Crippen LogP contribution is 2.25. The minimum absolute atomic E-state index is 0.115. The van der Waals surface area contributed by atoms with E-state index in [1.165, 1.54) is 32.4 Å². The van der Waals surface area contributed by atoms with Gasteiger partial charge in [-0.05, 0) is 29.8 Å². The lowest BCUT2D eigenvalue weighted by atomic mass is 10.2. The van der Waals surface area contributed by atoms with E-state index in [9.17, 15) is 13.6 Å². The Kier molecular flexibility index (Phi) is 6.39. The molecule has 2 aromatic carbocycles. The number of hydrogen-bond donors (Lipinski definition) is 2. The Morgan fingerprint density at radius 3 is 2.32 bits per heavy atom. The van der Waals surface area contributed by atoms with Gasteiger partial charge in [-0.3, -0.25) is 0 Å². The zero-order valence-electron chi connectivity index (χ0n) is 13.7. The van der Waals surface area contributed by atoms with Crippen LogP contribution in [-0.4, -0.2) is 26.9 Å². The number of alkyl halides is 2. The van der Waals surface area contributed by atoms with Crippen LogP contribution >= 0.6 is 0 Å². The predicted octanol–water partition coefficient (Wildman–Crippen LogP) is 3.63. The minimum Gasteiger partial charge on any atom is -0.497 e. The summed E-state index contributed by atoms with van der Waals surface area (Å²) in [7, 11) is 3.05. The molecule has 0 fully saturated rings. The molecule has 0 saturated carbocycles. The van der Waals surface area contributed by atoms with Gasteiger partial charge in [0, 0.05) is 12.6 Å². The van der Waals surface area contributed by atoms with Crippen molar-refractivity contribution in [2.45, 2.75) is 13.2 Å². The quantitative estimate of drug-likeness (QED) is 0.798. The molecule has 0 bridgehead atoms. The van der Waals surface area contributed by atoms with E-state index >= 15 is 0 Å². The van der Waals surface area contributed by atoms with Gasteiger partial charge in [-0.25, -0.2) is 4.79 Å². The number of rotatable bonds is 7. The van der Waals surface area contributed by atoms with Gasteiger partial charge in [-0.15, -0.1) is 0 Å². The van der Waals surface area contributed by atoms with Crippen molar-refractivity contribution in [3.63, 3.8) is 0 Å². The molecule has 2 rings (SSSR count). The Bertz CT molecular complexity index is 703. The average Bonchev–Trinajstić information content (AvgIpc) is 2.61. The van der Waals surface area contributed by atoms with Crippen molar-refractivity contribution in [1.82, 2.24) is 5.32 Å². The van der Waals surface area contributed by atoms with E-state index in [1.807, 2.05) is 0 Å². The van der Waals surface area contributed by atoms with E-state index in [0.29, 0.717) is 11.5 Å². The Morgan fingerprint density at radius 1 is 1.08 bits per heavy atom. The molecule has 0 spiro atoms. The van der Waals surface area contributed by atoms with E-state index in [1.54, 1.807) is 24.3 Å². The topological polar surface area (TPSA) is 68.8 Å². The molecular weight excluding hydrogens is 334 g/mol. The lowest BCUT2D eigenvalue weighted by Gasteiger charge is -2.13. The lowest BCUT2D eigenvalue weighted by molar-refractivity contribution is -0.0493. The SMILES string of the molecule is COc1cc(CNC(=O)Nc2ccccc2OC(F)F)cc(OC)c1. The number of para-hydroxylation sites is 2. The maximum absolute atomic E-state index is 12.4. The molecule has 6 nitrogen and oxygen atoms in total. The minimum atomic E-state index is -2.98. The summed E-state index contributed by atoms with van der Waals surface area (Å²) in [6, 6.07) is 10.6. The molecule has 25 heavy (non-hydrogen) atoms. The zero-order chi connectivity index (χ0) is 18.2. The number of amides is 2. The summed E-state index contributed by atoms with van der Waals surface area (Å²) in [5, 5.41) is 5.10. The first kappa shape index (κ1) is 18.3. The van der Waals surface area contributed by atoms with Crippen LogP contribution in [0.2, 0.25) is 0 Å². The summed E-state index contributed by atoms with van der Waals surface area (Å²) in [6.45, 7) is -2.78. The highest BCUT2D eigenvalue weighted by Gasteiger charge is 2.11. The summed E-state index contributed by atoms with van der Waals surface area (Å²) in [5.41, 5.74) is 0.895. The highest BCUT2D eigenvalue weighted by atomic mass is 19.3. The third-order valence-corrected chi connectivity index (χ3v) is 3.22. The highest BCUT2D eigenvalue weighted by molar-refractivity contribution is 5.90. The number of ether oxygens (including phenoxy) is 3. The molecule has 0 unspecified atom stereocenters. The summed E-state index contributed by atoms with van der Waals surface area (Å²) in [6.07, 6.45) is 0. The van der Waals surface area contributed by atoms with Crippen LogP contribution in [0, 0.1) is 0 Å². The fourth-order valence-corrected chi connectivity index (χ4v) is 2.09. The molecule has 2 N–H and O–H groups in total. The van der Waals surface area contributed by atoms with Crippen LogP contribution < -0.4 is 24.8 Å². The molecule has 2 amide bonds. The largest absolute Gasteiger partial charge is 0.497 e. The molecule has 0 atom stereocenters. The normalized spacial score (nSPS) is 10.3. The summed E-state index contributed by atoms with van der Waals surface area (Å²) in [5.74, 6) is 1.06. The van der Waals surface area contributed by atoms with Crippen molar-refractivity contribution in [2.75, 3.05) is 19.5 Å². The number of urea groups is 1. The first-order chi connectivity index (χ1) is 12.0. The number of carbonyl (C=O) groups excluding carboxylic acids is 1. The molecule has 0 aliphatic heterocycles. The summed E-state index contributed by atoms with van der Waals surface area (Å²) in [4.78, 5) is 12.0. The molecule has 8 heteroatoms. The Balaban J connectivity index is 2.00. The first-order valence-corrected chi connectivity index (χ1v) is 7.32. The standard InChI is InChI=1S/C17H18F2N2O4/c1-23-12-7-11(8-13(9-12)24-2)10-20-17(22)21-14-5-3-4-6-15(14)25-16(18)19/h3-9,16H,10H2,1-2H3,(H2,20,21,22). The van der Waals surface area contributed by atoms with E-state index < -0.39 is 12.6 Å². The predicted molar refractivity (Wildman–Crippen MR) is 88.5 cm³/mol. The smallest absolute Gasteiger partial charge is 0.387 e. The van der Waals surface area contributed by atoms with Gasteiger partial charge in [0.1, 0.15) is 17.2 Å². The molecule has 0 aliphatic rings. The zero-order valence-corrected chi connectivity index (χ0v) is 13.7. The van der Waals surface area contributed by atoms with Crippen LogP contribution in [0.3, 0.4) is 0 Å². The number of methoxy groups -OCH3 is 2. The molecule has 134 valence electrons. The molecule has 2 aromatic rings. The number of hydrogen-bond acceptors (Lipinski definition) is 4. The fraction of sp³-hybridized carbons (Fsp3) is 0.235. The van der Waals surface area contributed by atoms with Crippen molar-refractivity contribution in [3.8, 4) is 17.2 Å². The first-order valence-electron chi connectivity index (χ1n) is 7.32. The van der Waals surface area contributed by atoms with E-state index in [-0.39, 0.29) is 18.0 Å². The van der Waals surface area contributed by atoms with Gasteiger partial charge in [-0.2, -0.15) is 8.78 Å². The molecular formula is C17H18F2N2O4.